The molecule has 0 spiro atoms. The summed E-state index contributed by atoms with van der Waals surface area (Å²) in [5.41, 5.74) is 3.76. The number of benzene rings is 1. The minimum absolute atomic E-state index is 0.692. The molecule has 1 aromatic rings. The lowest BCUT2D eigenvalue weighted by Gasteiger charge is -2.03. The molecule has 0 saturated heterocycles. The average molecular weight is 196 g/mol. The second-order valence-electron chi connectivity index (χ2n) is 3.29. The van der Waals surface area contributed by atoms with Crippen LogP contribution >= 0.6 is 0 Å². The van der Waals surface area contributed by atoms with Crippen LogP contribution in [0.5, 0.6) is 0 Å². The first-order chi connectivity index (χ1) is 6.13. The second kappa shape index (κ2) is 4.56. The molecule has 1 aromatic carbocycles. The summed E-state index contributed by atoms with van der Waals surface area (Å²) in [7, 11) is -0.693. The van der Waals surface area contributed by atoms with Crippen LogP contribution < -0.4 is 0 Å². The second-order valence-corrected chi connectivity index (χ2v) is 5.04. The summed E-state index contributed by atoms with van der Waals surface area (Å²) in [5, 5.41) is 0. The Balaban J connectivity index is 2.79. The minimum atomic E-state index is -0.693. The zero-order chi connectivity index (χ0) is 9.84. The van der Waals surface area contributed by atoms with Crippen LogP contribution in [0, 0.1) is 13.8 Å². The standard InChI is InChI=1S/C11H16OS/c1-4-13(12)8-11-6-5-9(2)10(3)7-11/h5-7H,4,8H2,1-3H3. The lowest BCUT2D eigenvalue weighted by molar-refractivity contribution is 0.683. The molecule has 0 radical (unpaired) electrons. The van der Waals surface area contributed by atoms with E-state index in [-0.39, 0.29) is 0 Å². The summed E-state index contributed by atoms with van der Waals surface area (Å²) in [5.74, 6) is 1.44. The Kier molecular flexibility index (Phi) is 3.67. The molecule has 0 N–H and O–H groups in total. The summed E-state index contributed by atoms with van der Waals surface area (Å²) in [6.07, 6.45) is 0. The van der Waals surface area contributed by atoms with Gasteiger partial charge in [-0.25, -0.2) is 0 Å². The Morgan fingerprint density at radius 2 is 1.92 bits per heavy atom. The summed E-state index contributed by atoms with van der Waals surface area (Å²) in [6.45, 7) is 6.14. The minimum Gasteiger partial charge on any atom is -0.259 e. The van der Waals surface area contributed by atoms with E-state index in [4.69, 9.17) is 0 Å². The SMILES string of the molecule is CCS(=O)Cc1ccc(C)c(C)c1. The normalized spacial score (nSPS) is 12.8. The van der Waals surface area contributed by atoms with Crippen molar-refractivity contribution in [3.05, 3.63) is 34.9 Å². The lowest BCUT2D eigenvalue weighted by Crippen LogP contribution is -1.98. The average Bonchev–Trinajstić information content (AvgIpc) is 2.11. The molecule has 0 aliphatic rings. The van der Waals surface area contributed by atoms with Crippen LogP contribution in [0.3, 0.4) is 0 Å². The Bertz CT molecular complexity index is 318. The first kappa shape index (κ1) is 10.5. The quantitative estimate of drug-likeness (QED) is 0.726. The lowest BCUT2D eigenvalue weighted by atomic mass is 10.1. The molecule has 0 heterocycles. The van der Waals surface area contributed by atoms with Gasteiger partial charge in [0.15, 0.2) is 0 Å². The fourth-order valence-electron chi connectivity index (χ4n) is 1.18. The maximum atomic E-state index is 11.3. The van der Waals surface area contributed by atoms with E-state index >= 15 is 0 Å². The van der Waals surface area contributed by atoms with Crippen LogP contribution in [0.15, 0.2) is 18.2 Å². The molecule has 0 fully saturated rings. The smallest absolute Gasteiger partial charge is 0.0485 e. The van der Waals surface area contributed by atoms with E-state index in [0.717, 1.165) is 5.75 Å². The van der Waals surface area contributed by atoms with Gasteiger partial charge in [0, 0.05) is 22.3 Å². The molecule has 2 heteroatoms. The molecule has 0 bridgehead atoms. The van der Waals surface area contributed by atoms with Crippen LogP contribution in [0.2, 0.25) is 0 Å². The highest BCUT2D eigenvalue weighted by Crippen LogP contribution is 2.11. The molecule has 1 atom stereocenters. The third kappa shape index (κ3) is 2.96. The molecule has 1 rings (SSSR count). The zero-order valence-corrected chi connectivity index (χ0v) is 9.28. The zero-order valence-electron chi connectivity index (χ0n) is 8.46. The van der Waals surface area contributed by atoms with Gasteiger partial charge in [0.2, 0.25) is 0 Å². The van der Waals surface area contributed by atoms with E-state index < -0.39 is 10.8 Å². The molecule has 1 nitrogen and oxygen atoms in total. The molecule has 72 valence electrons. The van der Waals surface area contributed by atoms with Gasteiger partial charge >= 0.3 is 0 Å². The van der Waals surface area contributed by atoms with Crippen LogP contribution in [0.4, 0.5) is 0 Å². The van der Waals surface area contributed by atoms with Gasteiger partial charge in [-0.1, -0.05) is 25.1 Å². The van der Waals surface area contributed by atoms with Crippen molar-refractivity contribution < 1.29 is 4.21 Å². The largest absolute Gasteiger partial charge is 0.259 e. The van der Waals surface area contributed by atoms with Crippen molar-refractivity contribution in [1.82, 2.24) is 0 Å². The van der Waals surface area contributed by atoms with Crippen molar-refractivity contribution in [3.8, 4) is 0 Å². The van der Waals surface area contributed by atoms with Gasteiger partial charge in [-0.15, -0.1) is 0 Å². The van der Waals surface area contributed by atoms with Gasteiger partial charge in [0.05, 0.1) is 0 Å². The molecule has 0 saturated carbocycles. The Morgan fingerprint density at radius 1 is 1.23 bits per heavy atom. The summed E-state index contributed by atoms with van der Waals surface area (Å²) in [6, 6.07) is 6.29. The van der Waals surface area contributed by atoms with Gasteiger partial charge in [-0.05, 0) is 30.5 Å². The van der Waals surface area contributed by atoms with Gasteiger partial charge in [-0.3, -0.25) is 4.21 Å². The highest BCUT2D eigenvalue weighted by molar-refractivity contribution is 7.84. The van der Waals surface area contributed by atoms with E-state index in [1.54, 1.807) is 0 Å². The van der Waals surface area contributed by atoms with Crippen molar-refractivity contribution in [2.75, 3.05) is 5.75 Å². The van der Waals surface area contributed by atoms with Gasteiger partial charge < -0.3 is 0 Å². The predicted molar refractivity (Wildman–Crippen MR) is 58.3 cm³/mol. The topological polar surface area (TPSA) is 17.1 Å². The van der Waals surface area contributed by atoms with Crippen LogP contribution in [0.25, 0.3) is 0 Å². The number of aryl methyl sites for hydroxylation is 2. The van der Waals surface area contributed by atoms with E-state index in [1.165, 1.54) is 16.7 Å². The molecule has 0 aliphatic carbocycles. The molecular formula is C11H16OS. The van der Waals surface area contributed by atoms with Crippen molar-refractivity contribution in [3.63, 3.8) is 0 Å². The Hall–Kier alpha value is -0.630. The third-order valence-corrected chi connectivity index (χ3v) is 3.52. The molecule has 13 heavy (non-hydrogen) atoms. The van der Waals surface area contributed by atoms with E-state index in [2.05, 4.69) is 32.0 Å². The summed E-state index contributed by atoms with van der Waals surface area (Å²) >= 11 is 0. The fraction of sp³-hybridized carbons (Fsp3) is 0.455. The maximum absolute atomic E-state index is 11.3. The maximum Gasteiger partial charge on any atom is 0.0485 e. The van der Waals surface area contributed by atoms with Gasteiger partial charge in [0.1, 0.15) is 0 Å². The van der Waals surface area contributed by atoms with E-state index in [1.807, 2.05) is 6.92 Å². The number of hydrogen-bond donors (Lipinski definition) is 0. The summed E-state index contributed by atoms with van der Waals surface area (Å²) in [4.78, 5) is 0. The number of hydrogen-bond acceptors (Lipinski definition) is 1. The van der Waals surface area contributed by atoms with Crippen LogP contribution in [0.1, 0.15) is 23.6 Å². The van der Waals surface area contributed by atoms with Crippen molar-refractivity contribution in [1.29, 1.82) is 0 Å². The van der Waals surface area contributed by atoms with Gasteiger partial charge in [0.25, 0.3) is 0 Å². The molecule has 1 unspecified atom stereocenters. The molecule has 0 aliphatic heterocycles. The van der Waals surface area contributed by atoms with Crippen molar-refractivity contribution >= 4 is 10.8 Å². The van der Waals surface area contributed by atoms with Crippen molar-refractivity contribution in [2.45, 2.75) is 26.5 Å². The van der Waals surface area contributed by atoms with E-state index in [9.17, 15) is 4.21 Å². The summed E-state index contributed by atoms with van der Waals surface area (Å²) < 4.78 is 11.3. The highest BCUT2D eigenvalue weighted by atomic mass is 32.2. The van der Waals surface area contributed by atoms with Crippen LogP contribution in [-0.2, 0) is 16.6 Å². The molecule has 0 aromatic heterocycles. The number of rotatable bonds is 3. The highest BCUT2D eigenvalue weighted by Gasteiger charge is 2.00. The van der Waals surface area contributed by atoms with Gasteiger partial charge in [-0.2, -0.15) is 0 Å². The van der Waals surface area contributed by atoms with Crippen molar-refractivity contribution in [2.24, 2.45) is 0 Å². The third-order valence-electron chi connectivity index (χ3n) is 2.22. The fourth-order valence-corrected chi connectivity index (χ4v) is 1.94. The Labute approximate surface area is 82.6 Å². The van der Waals surface area contributed by atoms with E-state index in [0.29, 0.717) is 5.75 Å². The molecular weight excluding hydrogens is 180 g/mol. The first-order valence-corrected chi connectivity index (χ1v) is 6.03. The predicted octanol–water partition coefficient (Wildman–Crippen LogP) is 2.57. The van der Waals surface area contributed by atoms with Crippen LogP contribution in [-0.4, -0.2) is 9.96 Å². The molecule has 0 amide bonds. The Morgan fingerprint density at radius 3 is 2.46 bits per heavy atom. The first-order valence-electron chi connectivity index (χ1n) is 4.54. The monoisotopic (exact) mass is 196 g/mol.